The van der Waals surface area contributed by atoms with Crippen LogP contribution in [0, 0.1) is 6.92 Å². The van der Waals surface area contributed by atoms with Crippen LogP contribution in [0.5, 0.6) is 11.5 Å². The lowest BCUT2D eigenvalue weighted by Gasteiger charge is -2.09. The van der Waals surface area contributed by atoms with Crippen LogP contribution < -0.4 is 5.32 Å². The Kier molecular flexibility index (Phi) is 3.41. The third-order valence-corrected chi connectivity index (χ3v) is 2.73. The van der Waals surface area contributed by atoms with Crippen molar-refractivity contribution in [3.05, 3.63) is 35.5 Å². The topological polar surface area (TPSA) is 70.3 Å². The maximum atomic E-state index is 9.68. The van der Waals surface area contributed by atoms with E-state index >= 15 is 0 Å². The molecular formula is C13H17N3O2. The highest BCUT2D eigenvalue weighted by molar-refractivity contribution is 5.43. The molecule has 0 aliphatic carbocycles. The molecule has 2 aromatic rings. The molecule has 0 radical (unpaired) electrons. The van der Waals surface area contributed by atoms with Crippen molar-refractivity contribution in [3.8, 4) is 11.5 Å². The Morgan fingerprint density at radius 3 is 2.72 bits per heavy atom. The number of nitrogens with one attached hydrogen (secondary N) is 1. The van der Waals surface area contributed by atoms with Crippen molar-refractivity contribution in [1.82, 2.24) is 9.78 Å². The third-order valence-electron chi connectivity index (χ3n) is 2.73. The Morgan fingerprint density at radius 1 is 1.28 bits per heavy atom. The highest BCUT2D eigenvalue weighted by atomic mass is 16.3. The van der Waals surface area contributed by atoms with Crippen LogP contribution in [-0.4, -0.2) is 20.0 Å². The maximum absolute atomic E-state index is 9.68. The van der Waals surface area contributed by atoms with Gasteiger partial charge in [-0.25, -0.2) is 4.68 Å². The summed E-state index contributed by atoms with van der Waals surface area (Å²) in [5.74, 6) is 1.06. The highest BCUT2D eigenvalue weighted by Gasteiger charge is 2.06. The maximum Gasteiger partial charge on any atom is 0.124 e. The van der Waals surface area contributed by atoms with Crippen LogP contribution in [0.2, 0.25) is 0 Å². The molecule has 0 spiro atoms. The lowest BCUT2D eigenvalue weighted by Crippen LogP contribution is -2.06. The van der Waals surface area contributed by atoms with E-state index in [1.807, 2.05) is 24.6 Å². The number of benzene rings is 1. The summed E-state index contributed by atoms with van der Waals surface area (Å²) in [6.45, 7) is 5.24. The summed E-state index contributed by atoms with van der Waals surface area (Å²) in [5, 5.41) is 26.4. The number of phenolic OH excluding ortho intramolecular Hbond substituents is 2. The molecule has 0 aliphatic heterocycles. The minimum absolute atomic E-state index is 0.0608. The molecule has 96 valence electrons. The van der Waals surface area contributed by atoms with E-state index in [1.165, 1.54) is 6.07 Å². The second kappa shape index (κ2) is 5.00. The van der Waals surface area contributed by atoms with E-state index in [9.17, 15) is 10.2 Å². The Bertz CT molecular complexity index is 549. The van der Waals surface area contributed by atoms with Gasteiger partial charge in [0.1, 0.15) is 17.3 Å². The van der Waals surface area contributed by atoms with Gasteiger partial charge in [0.25, 0.3) is 0 Å². The molecule has 3 N–H and O–H groups in total. The van der Waals surface area contributed by atoms with Crippen molar-refractivity contribution in [3.63, 3.8) is 0 Å². The first-order valence-corrected chi connectivity index (χ1v) is 5.89. The SMILES string of the molecule is CCn1nc(C)cc1NCc1ccc(O)cc1O. The van der Waals surface area contributed by atoms with Crippen LogP contribution in [-0.2, 0) is 13.1 Å². The molecular weight excluding hydrogens is 230 g/mol. The zero-order valence-electron chi connectivity index (χ0n) is 10.5. The molecule has 5 heteroatoms. The van der Waals surface area contributed by atoms with E-state index < -0.39 is 0 Å². The first-order chi connectivity index (χ1) is 8.60. The molecule has 0 fully saturated rings. The van der Waals surface area contributed by atoms with Gasteiger partial charge in [-0.3, -0.25) is 0 Å². The summed E-state index contributed by atoms with van der Waals surface area (Å²) in [6.07, 6.45) is 0. The Labute approximate surface area is 106 Å². The zero-order chi connectivity index (χ0) is 13.1. The van der Waals surface area contributed by atoms with Gasteiger partial charge >= 0.3 is 0 Å². The molecule has 5 nitrogen and oxygen atoms in total. The average Bonchev–Trinajstić information content (AvgIpc) is 2.68. The van der Waals surface area contributed by atoms with Gasteiger partial charge in [0.2, 0.25) is 0 Å². The van der Waals surface area contributed by atoms with Gasteiger partial charge in [0, 0.05) is 30.8 Å². The van der Waals surface area contributed by atoms with E-state index in [0.29, 0.717) is 6.54 Å². The molecule has 0 aliphatic rings. The Morgan fingerprint density at radius 2 is 2.06 bits per heavy atom. The fourth-order valence-electron chi connectivity index (χ4n) is 1.82. The van der Waals surface area contributed by atoms with Crippen molar-refractivity contribution >= 4 is 5.82 Å². The second-order valence-electron chi connectivity index (χ2n) is 4.15. The predicted octanol–water partition coefficient (Wildman–Crippen LogP) is 2.23. The van der Waals surface area contributed by atoms with Crippen LogP contribution in [0.25, 0.3) is 0 Å². The van der Waals surface area contributed by atoms with E-state index in [2.05, 4.69) is 10.4 Å². The van der Waals surface area contributed by atoms with Crippen molar-refractivity contribution < 1.29 is 10.2 Å². The van der Waals surface area contributed by atoms with Crippen LogP contribution >= 0.6 is 0 Å². The van der Waals surface area contributed by atoms with Crippen molar-refractivity contribution in [2.24, 2.45) is 0 Å². The molecule has 1 aromatic heterocycles. The van der Waals surface area contributed by atoms with E-state index in [-0.39, 0.29) is 11.5 Å². The fraction of sp³-hybridized carbons (Fsp3) is 0.308. The quantitative estimate of drug-likeness (QED) is 0.775. The Balaban J connectivity index is 2.11. The number of hydrogen-bond donors (Lipinski definition) is 3. The fourth-order valence-corrected chi connectivity index (χ4v) is 1.82. The van der Waals surface area contributed by atoms with Crippen LogP contribution in [0.3, 0.4) is 0 Å². The molecule has 18 heavy (non-hydrogen) atoms. The van der Waals surface area contributed by atoms with E-state index in [1.54, 1.807) is 12.1 Å². The molecule has 0 amide bonds. The minimum Gasteiger partial charge on any atom is -0.508 e. The van der Waals surface area contributed by atoms with Gasteiger partial charge in [-0.15, -0.1) is 0 Å². The molecule has 1 aromatic carbocycles. The normalized spacial score (nSPS) is 10.6. The van der Waals surface area contributed by atoms with E-state index in [0.717, 1.165) is 23.6 Å². The molecule has 0 bridgehead atoms. The number of aryl methyl sites for hydroxylation is 2. The number of aromatic hydroxyl groups is 2. The minimum atomic E-state index is 0.0608. The summed E-state index contributed by atoms with van der Waals surface area (Å²) in [5.41, 5.74) is 1.68. The number of aromatic nitrogens is 2. The molecule has 0 unspecified atom stereocenters. The van der Waals surface area contributed by atoms with Crippen molar-refractivity contribution in [1.29, 1.82) is 0 Å². The van der Waals surface area contributed by atoms with Crippen molar-refractivity contribution in [2.45, 2.75) is 26.9 Å². The number of anilines is 1. The number of rotatable bonds is 4. The largest absolute Gasteiger partial charge is 0.508 e. The predicted molar refractivity (Wildman–Crippen MR) is 69.7 cm³/mol. The number of phenols is 2. The summed E-state index contributed by atoms with van der Waals surface area (Å²) in [6, 6.07) is 6.54. The van der Waals surface area contributed by atoms with Gasteiger partial charge in [0.05, 0.1) is 5.69 Å². The van der Waals surface area contributed by atoms with Crippen LogP contribution in [0.1, 0.15) is 18.2 Å². The van der Waals surface area contributed by atoms with Gasteiger partial charge in [-0.1, -0.05) is 0 Å². The van der Waals surface area contributed by atoms with Gasteiger partial charge in [-0.05, 0) is 26.0 Å². The lowest BCUT2D eigenvalue weighted by molar-refractivity contribution is 0.446. The molecule has 0 atom stereocenters. The number of hydrogen-bond acceptors (Lipinski definition) is 4. The molecule has 0 saturated carbocycles. The van der Waals surface area contributed by atoms with Gasteiger partial charge < -0.3 is 15.5 Å². The van der Waals surface area contributed by atoms with Gasteiger partial charge in [0.15, 0.2) is 0 Å². The summed E-state index contributed by atoms with van der Waals surface area (Å²) in [4.78, 5) is 0. The summed E-state index contributed by atoms with van der Waals surface area (Å²) in [7, 11) is 0. The van der Waals surface area contributed by atoms with Crippen LogP contribution in [0.4, 0.5) is 5.82 Å². The molecule has 2 rings (SSSR count). The first kappa shape index (κ1) is 12.3. The second-order valence-corrected chi connectivity index (χ2v) is 4.15. The van der Waals surface area contributed by atoms with E-state index in [4.69, 9.17) is 0 Å². The van der Waals surface area contributed by atoms with Crippen molar-refractivity contribution in [2.75, 3.05) is 5.32 Å². The third kappa shape index (κ3) is 2.56. The summed E-state index contributed by atoms with van der Waals surface area (Å²) >= 11 is 0. The smallest absolute Gasteiger partial charge is 0.124 e. The first-order valence-electron chi connectivity index (χ1n) is 5.89. The van der Waals surface area contributed by atoms with Gasteiger partial charge in [-0.2, -0.15) is 5.10 Å². The molecule has 1 heterocycles. The lowest BCUT2D eigenvalue weighted by atomic mass is 10.2. The average molecular weight is 247 g/mol. The molecule has 0 saturated heterocycles. The Hall–Kier alpha value is -2.17. The summed E-state index contributed by atoms with van der Waals surface area (Å²) < 4.78 is 1.87. The zero-order valence-corrected chi connectivity index (χ0v) is 10.5. The standard InChI is InChI=1S/C13H17N3O2/c1-3-16-13(6-9(2)15-16)14-8-10-4-5-11(17)7-12(10)18/h4-7,14,17-18H,3,8H2,1-2H3. The highest BCUT2D eigenvalue weighted by Crippen LogP contribution is 2.23. The number of nitrogens with zero attached hydrogens (tertiary/aromatic N) is 2. The monoisotopic (exact) mass is 247 g/mol. The van der Waals surface area contributed by atoms with Crippen LogP contribution in [0.15, 0.2) is 24.3 Å².